The van der Waals surface area contributed by atoms with Gasteiger partial charge in [0.2, 0.25) is 10.0 Å². The first-order valence-electron chi connectivity index (χ1n) is 6.51. The molecule has 7 heteroatoms. The zero-order valence-electron chi connectivity index (χ0n) is 11.9. The van der Waals surface area contributed by atoms with Crippen molar-refractivity contribution in [3.8, 4) is 6.07 Å². The SMILES string of the molecule is CN(CCc1ccccn1)S(=O)(=O)c1ccc(F)c(C#N)c1. The Balaban J connectivity index is 2.17. The smallest absolute Gasteiger partial charge is 0.242 e. The normalized spacial score (nSPS) is 11.4. The highest BCUT2D eigenvalue weighted by Crippen LogP contribution is 2.18. The molecule has 0 saturated carbocycles. The third-order valence-corrected chi connectivity index (χ3v) is 5.03. The summed E-state index contributed by atoms with van der Waals surface area (Å²) in [5.74, 6) is -0.738. The second kappa shape index (κ2) is 6.64. The molecule has 0 aliphatic carbocycles. The van der Waals surface area contributed by atoms with Crippen LogP contribution < -0.4 is 0 Å². The molecule has 1 aromatic heterocycles. The molecule has 2 rings (SSSR count). The fourth-order valence-electron chi connectivity index (χ4n) is 1.87. The zero-order chi connectivity index (χ0) is 16.2. The van der Waals surface area contributed by atoms with E-state index in [-0.39, 0.29) is 17.0 Å². The van der Waals surface area contributed by atoms with Gasteiger partial charge in [-0.15, -0.1) is 0 Å². The standard InChI is InChI=1S/C15H14FN3O2S/c1-19(9-7-13-4-2-3-8-18-13)22(20,21)14-5-6-15(16)12(10-14)11-17/h2-6,8,10H,7,9H2,1H3. The first-order chi connectivity index (χ1) is 10.4. The molecular weight excluding hydrogens is 305 g/mol. The molecule has 0 saturated heterocycles. The van der Waals surface area contributed by atoms with E-state index in [4.69, 9.17) is 5.26 Å². The van der Waals surface area contributed by atoms with E-state index in [1.54, 1.807) is 18.3 Å². The Bertz CT molecular complexity index is 801. The molecule has 5 nitrogen and oxygen atoms in total. The summed E-state index contributed by atoms with van der Waals surface area (Å²) in [4.78, 5) is 4.03. The first kappa shape index (κ1) is 16.1. The van der Waals surface area contributed by atoms with Gasteiger partial charge in [0, 0.05) is 31.9 Å². The van der Waals surface area contributed by atoms with Gasteiger partial charge in [-0.3, -0.25) is 4.98 Å². The molecule has 2 aromatic rings. The van der Waals surface area contributed by atoms with Gasteiger partial charge in [0.05, 0.1) is 10.5 Å². The molecule has 0 radical (unpaired) electrons. The van der Waals surface area contributed by atoms with Gasteiger partial charge in [-0.05, 0) is 30.3 Å². The van der Waals surface area contributed by atoms with Gasteiger partial charge >= 0.3 is 0 Å². The van der Waals surface area contributed by atoms with Crippen LogP contribution in [0, 0.1) is 17.1 Å². The van der Waals surface area contributed by atoms with Crippen molar-refractivity contribution >= 4 is 10.0 Å². The van der Waals surface area contributed by atoms with Crippen LogP contribution >= 0.6 is 0 Å². The Morgan fingerprint density at radius 3 is 2.73 bits per heavy atom. The summed E-state index contributed by atoms with van der Waals surface area (Å²) in [6, 6.07) is 10.2. The van der Waals surface area contributed by atoms with Crippen LogP contribution in [-0.4, -0.2) is 31.3 Å². The highest BCUT2D eigenvalue weighted by molar-refractivity contribution is 7.89. The summed E-state index contributed by atoms with van der Waals surface area (Å²) in [6.45, 7) is 0.235. The van der Waals surface area contributed by atoms with Crippen LogP contribution in [0.5, 0.6) is 0 Å². The van der Waals surface area contributed by atoms with Gasteiger partial charge in [0.25, 0.3) is 0 Å². The molecule has 0 bridgehead atoms. The number of rotatable bonds is 5. The van der Waals surface area contributed by atoms with Crippen molar-refractivity contribution in [1.29, 1.82) is 5.26 Å². The van der Waals surface area contributed by atoms with Crippen LogP contribution in [0.4, 0.5) is 4.39 Å². The second-order valence-corrected chi connectivity index (χ2v) is 6.70. The third kappa shape index (κ3) is 3.47. The van der Waals surface area contributed by atoms with Crippen molar-refractivity contribution in [2.75, 3.05) is 13.6 Å². The molecule has 0 atom stereocenters. The van der Waals surface area contributed by atoms with Crippen molar-refractivity contribution in [3.05, 3.63) is 59.7 Å². The maximum atomic E-state index is 13.3. The van der Waals surface area contributed by atoms with Crippen LogP contribution in [0.2, 0.25) is 0 Å². The van der Waals surface area contributed by atoms with E-state index in [1.807, 2.05) is 12.1 Å². The first-order valence-corrected chi connectivity index (χ1v) is 7.95. The second-order valence-electron chi connectivity index (χ2n) is 4.65. The zero-order valence-corrected chi connectivity index (χ0v) is 12.7. The number of nitriles is 1. The Kier molecular flexibility index (Phi) is 4.85. The molecule has 0 N–H and O–H groups in total. The Morgan fingerprint density at radius 2 is 2.09 bits per heavy atom. The number of pyridine rings is 1. The number of benzene rings is 1. The largest absolute Gasteiger partial charge is 0.261 e. The van der Waals surface area contributed by atoms with E-state index in [9.17, 15) is 12.8 Å². The Hall–Kier alpha value is -2.30. The summed E-state index contributed by atoms with van der Waals surface area (Å²) in [6.07, 6.45) is 2.10. The van der Waals surface area contributed by atoms with Crippen LogP contribution in [-0.2, 0) is 16.4 Å². The molecule has 1 aromatic carbocycles. The molecule has 114 valence electrons. The third-order valence-electron chi connectivity index (χ3n) is 3.18. The molecule has 22 heavy (non-hydrogen) atoms. The summed E-state index contributed by atoms with van der Waals surface area (Å²) in [5.41, 5.74) is 0.487. The van der Waals surface area contributed by atoms with E-state index in [1.165, 1.54) is 7.05 Å². The van der Waals surface area contributed by atoms with Gasteiger partial charge in [-0.1, -0.05) is 6.07 Å². The van der Waals surface area contributed by atoms with E-state index in [0.29, 0.717) is 6.42 Å². The van der Waals surface area contributed by atoms with Crippen molar-refractivity contribution in [2.45, 2.75) is 11.3 Å². The number of nitrogens with zero attached hydrogens (tertiary/aromatic N) is 3. The van der Waals surface area contributed by atoms with Crippen molar-refractivity contribution < 1.29 is 12.8 Å². The number of aromatic nitrogens is 1. The lowest BCUT2D eigenvalue weighted by Gasteiger charge is -2.17. The fraction of sp³-hybridized carbons (Fsp3) is 0.200. The summed E-state index contributed by atoms with van der Waals surface area (Å²) in [7, 11) is -2.33. The van der Waals surface area contributed by atoms with Crippen LogP contribution in [0.3, 0.4) is 0 Å². The monoisotopic (exact) mass is 319 g/mol. The van der Waals surface area contributed by atoms with Gasteiger partial charge in [-0.2, -0.15) is 5.26 Å². The molecule has 0 aliphatic heterocycles. The molecule has 0 aliphatic rings. The minimum absolute atomic E-state index is 0.103. The quantitative estimate of drug-likeness (QED) is 0.844. The lowest BCUT2D eigenvalue weighted by molar-refractivity contribution is 0.471. The highest BCUT2D eigenvalue weighted by Gasteiger charge is 2.21. The van der Waals surface area contributed by atoms with E-state index < -0.39 is 15.8 Å². The van der Waals surface area contributed by atoms with E-state index in [2.05, 4.69) is 4.98 Å². The predicted molar refractivity (Wildman–Crippen MR) is 78.9 cm³/mol. The van der Waals surface area contributed by atoms with Gasteiger partial charge in [-0.25, -0.2) is 17.1 Å². The van der Waals surface area contributed by atoms with Crippen LogP contribution in [0.15, 0.2) is 47.5 Å². The fourth-order valence-corrected chi connectivity index (χ4v) is 3.07. The van der Waals surface area contributed by atoms with Gasteiger partial charge in [0.15, 0.2) is 0 Å². The summed E-state index contributed by atoms with van der Waals surface area (Å²) >= 11 is 0. The maximum absolute atomic E-state index is 13.3. The van der Waals surface area contributed by atoms with Gasteiger partial charge in [0.1, 0.15) is 11.9 Å². The molecular formula is C15H14FN3O2S. The molecule has 0 unspecified atom stereocenters. The average Bonchev–Trinajstić information content (AvgIpc) is 2.53. The minimum Gasteiger partial charge on any atom is -0.261 e. The number of likely N-dealkylation sites (N-methyl/N-ethyl adjacent to an activating group) is 1. The lowest BCUT2D eigenvalue weighted by Crippen LogP contribution is -2.29. The molecule has 0 amide bonds. The number of sulfonamides is 1. The van der Waals surface area contributed by atoms with Crippen molar-refractivity contribution in [1.82, 2.24) is 9.29 Å². The molecule has 0 spiro atoms. The number of hydrogen-bond donors (Lipinski definition) is 0. The van der Waals surface area contributed by atoms with Crippen LogP contribution in [0.25, 0.3) is 0 Å². The summed E-state index contributed by atoms with van der Waals surface area (Å²) < 4.78 is 39.3. The van der Waals surface area contributed by atoms with E-state index in [0.717, 1.165) is 28.2 Å². The minimum atomic E-state index is -3.77. The Labute approximate surface area is 128 Å². The highest BCUT2D eigenvalue weighted by atomic mass is 32.2. The van der Waals surface area contributed by atoms with Crippen molar-refractivity contribution in [3.63, 3.8) is 0 Å². The number of hydrogen-bond acceptors (Lipinski definition) is 4. The molecule has 0 fully saturated rings. The lowest BCUT2D eigenvalue weighted by atomic mass is 10.2. The maximum Gasteiger partial charge on any atom is 0.242 e. The summed E-state index contributed by atoms with van der Waals surface area (Å²) in [5, 5.41) is 8.79. The molecule has 1 heterocycles. The van der Waals surface area contributed by atoms with Gasteiger partial charge < -0.3 is 0 Å². The van der Waals surface area contributed by atoms with Crippen LogP contribution in [0.1, 0.15) is 11.3 Å². The van der Waals surface area contributed by atoms with E-state index >= 15 is 0 Å². The number of halogens is 1. The predicted octanol–water partition coefficient (Wildman–Crippen LogP) is 1.96. The van der Waals surface area contributed by atoms with Crippen molar-refractivity contribution in [2.24, 2.45) is 0 Å². The Morgan fingerprint density at radius 1 is 1.32 bits per heavy atom. The average molecular weight is 319 g/mol. The topological polar surface area (TPSA) is 74.1 Å².